The van der Waals surface area contributed by atoms with Crippen LogP contribution in [-0.4, -0.2) is 17.9 Å². The third kappa shape index (κ3) is 2.72. The third-order valence-electron chi connectivity index (χ3n) is 1.71. The Morgan fingerprint density at radius 3 is 2.75 bits per heavy atom. The molecule has 2 N–H and O–H groups in total. The van der Waals surface area contributed by atoms with Gasteiger partial charge in [-0.1, -0.05) is 5.92 Å². The van der Waals surface area contributed by atoms with Crippen molar-refractivity contribution in [2.45, 2.75) is 0 Å². The number of carbonyl (C=O) groups excluding carboxylic acids is 1. The van der Waals surface area contributed by atoms with Crippen LogP contribution in [0.1, 0.15) is 5.56 Å². The minimum Gasteiger partial charge on any atom is -0.495 e. The maximum Gasteiger partial charge on any atom is 0.293 e. The van der Waals surface area contributed by atoms with E-state index < -0.39 is 10.8 Å². The van der Waals surface area contributed by atoms with Crippen LogP contribution in [-0.2, 0) is 4.79 Å². The summed E-state index contributed by atoms with van der Waals surface area (Å²) < 4.78 is 4.94. The zero-order valence-corrected chi connectivity index (χ0v) is 8.39. The Balaban J connectivity index is 3.24. The fourth-order valence-corrected chi connectivity index (χ4v) is 1.04. The predicted molar refractivity (Wildman–Crippen MR) is 55.7 cm³/mol. The van der Waals surface area contributed by atoms with Crippen molar-refractivity contribution in [1.82, 2.24) is 0 Å². The first-order valence-corrected chi connectivity index (χ1v) is 4.18. The third-order valence-corrected chi connectivity index (χ3v) is 1.71. The van der Waals surface area contributed by atoms with Crippen molar-refractivity contribution < 1.29 is 14.5 Å². The van der Waals surface area contributed by atoms with Crippen molar-refractivity contribution in [3.8, 4) is 17.6 Å². The highest BCUT2D eigenvalue weighted by Crippen LogP contribution is 2.22. The molecule has 0 saturated heterocycles. The average molecular weight is 220 g/mol. The summed E-state index contributed by atoms with van der Waals surface area (Å²) in [5.41, 5.74) is 4.96. The van der Waals surface area contributed by atoms with Gasteiger partial charge >= 0.3 is 0 Å². The highest BCUT2D eigenvalue weighted by molar-refractivity contribution is 5.92. The van der Waals surface area contributed by atoms with Gasteiger partial charge in [0.25, 0.3) is 11.6 Å². The number of nitrogens with zero attached hydrogens (tertiary/aromatic N) is 1. The second kappa shape index (κ2) is 4.79. The van der Waals surface area contributed by atoms with Gasteiger partial charge in [0.05, 0.1) is 17.6 Å². The SMILES string of the molecule is COc1ccc([N+](=O)[O-])cc1C#CC(N)=O. The number of nitro benzene ring substituents is 1. The highest BCUT2D eigenvalue weighted by Gasteiger charge is 2.09. The van der Waals surface area contributed by atoms with Crippen LogP contribution in [0.3, 0.4) is 0 Å². The monoisotopic (exact) mass is 220 g/mol. The molecule has 82 valence electrons. The number of primary amides is 1. The van der Waals surface area contributed by atoms with E-state index >= 15 is 0 Å². The number of hydrogen-bond donors (Lipinski definition) is 1. The molecule has 6 heteroatoms. The summed E-state index contributed by atoms with van der Waals surface area (Å²) in [6.45, 7) is 0. The summed E-state index contributed by atoms with van der Waals surface area (Å²) in [5, 5.41) is 10.5. The lowest BCUT2D eigenvalue weighted by Crippen LogP contribution is -2.06. The molecule has 0 fully saturated rings. The molecule has 0 aliphatic rings. The van der Waals surface area contributed by atoms with Crippen molar-refractivity contribution in [2.75, 3.05) is 7.11 Å². The fraction of sp³-hybridized carbons (Fsp3) is 0.100. The molecule has 0 aliphatic carbocycles. The Bertz CT molecular complexity index is 499. The van der Waals surface area contributed by atoms with E-state index in [1.807, 2.05) is 0 Å². The lowest BCUT2D eigenvalue weighted by Gasteiger charge is -2.01. The van der Waals surface area contributed by atoms with Crippen LogP contribution in [0.4, 0.5) is 5.69 Å². The Morgan fingerprint density at radius 2 is 2.25 bits per heavy atom. The van der Waals surface area contributed by atoms with Crippen molar-refractivity contribution in [1.29, 1.82) is 0 Å². The van der Waals surface area contributed by atoms with E-state index in [0.717, 1.165) is 0 Å². The van der Waals surface area contributed by atoms with Gasteiger partial charge in [0, 0.05) is 18.1 Å². The van der Waals surface area contributed by atoms with E-state index in [1.165, 1.54) is 25.3 Å². The summed E-state index contributed by atoms with van der Waals surface area (Å²) in [6, 6.07) is 3.91. The number of carbonyl (C=O) groups is 1. The smallest absolute Gasteiger partial charge is 0.293 e. The van der Waals surface area contributed by atoms with Gasteiger partial charge < -0.3 is 10.5 Å². The quantitative estimate of drug-likeness (QED) is 0.444. The molecule has 1 amide bonds. The Labute approximate surface area is 91.2 Å². The van der Waals surface area contributed by atoms with Gasteiger partial charge in [-0.15, -0.1) is 0 Å². The van der Waals surface area contributed by atoms with Crippen molar-refractivity contribution in [2.24, 2.45) is 5.73 Å². The van der Waals surface area contributed by atoms with Crippen LogP contribution in [0, 0.1) is 22.0 Å². The molecule has 1 rings (SSSR count). The zero-order valence-electron chi connectivity index (χ0n) is 8.39. The topological polar surface area (TPSA) is 95.5 Å². The van der Waals surface area contributed by atoms with Gasteiger partial charge in [0.2, 0.25) is 0 Å². The normalized spacial score (nSPS) is 8.81. The van der Waals surface area contributed by atoms with Gasteiger partial charge in [-0.2, -0.15) is 0 Å². The lowest BCUT2D eigenvalue weighted by molar-refractivity contribution is -0.384. The maximum atomic E-state index is 10.5. The molecular weight excluding hydrogens is 212 g/mol. The van der Waals surface area contributed by atoms with Crippen LogP contribution in [0.5, 0.6) is 5.75 Å². The minimum absolute atomic E-state index is 0.130. The number of methoxy groups -OCH3 is 1. The number of ether oxygens (including phenoxy) is 1. The summed E-state index contributed by atoms with van der Waals surface area (Å²) in [5.74, 6) is 4.03. The van der Waals surface area contributed by atoms with Crippen LogP contribution in [0.25, 0.3) is 0 Å². The first-order chi connectivity index (χ1) is 7.54. The Morgan fingerprint density at radius 1 is 1.56 bits per heavy atom. The van der Waals surface area contributed by atoms with Crippen LogP contribution < -0.4 is 10.5 Å². The largest absolute Gasteiger partial charge is 0.495 e. The van der Waals surface area contributed by atoms with E-state index in [4.69, 9.17) is 10.5 Å². The standard InChI is InChI=1S/C10H8N2O4/c1-16-9-4-3-8(12(14)15)6-7(9)2-5-10(11)13/h3-4,6H,1H3,(H2,11,13). The molecule has 0 aliphatic heterocycles. The van der Waals surface area contributed by atoms with Crippen LogP contribution in [0.2, 0.25) is 0 Å². The number of amides is 1. The van der Waals surface area contributed by atoms with Gasteiger partial charge in [-0.3, -0.25) is 14.9 Å². The molecule has 0 aromatic heterocycles. The van der Waals surface area contributed by atoms with E-state index in [1.54, 1.807) is 0 Å². The van der Waals surface area contributed by atoms with Crippen LogP contribution in [0.15, 0.2) is 18.2 Å². The Kier molecular flexibility index (Phi) is 3.45. The van der Waals surface area contributed by atoms with Gasteiger partial charge in [0.15, 0.2) is 0 Å². The molecule has 16 heavy (non-hydrogen) atoms. The molecule has 0 radical (unpaired) electrons. The van der Waals surface area contributed by atoms with Gasteiger partial charge in [-0.05, 0) is 6.07 Å². The number of rotatable bonds is 2. The van der Waals surface area contributed by atoms with E-state index in [9.17, 15) is 14.9 Å². The summed E-state index contributed by atoms with van der Waals surface area (Å²) >= 11 is 0. The minimum atomic E-state index is -0.812. The second-order valence-electron chi connectivity index (χ2n) is 2.76. The Hall–Kier alpha value is -2.55. The summed E-state index contributed by atoms with van der Waals surface area (Å²) in [4.78, 5) is 20.4. The molecule has 0 unspecified atom stereocenters. The molecule has 6 nitrogen and oxygen atoms in total. The summed E-state index contributed by atoms with van der Waals surface area (Å²) in [7, 11) is 1.40. The van der Waals surface area contributed by atoms with E-state index in [0.29, 0.717) is 5.75 Å². The van der Waals surface area contributed by atoms with E-state index in [-0.39, 0.29) is 11.3 Å². The molecule has 0 saturated carbocycles. The van der Waals surface area contributed by atoms with Crippen molar-refractivity contribution >= 4 is 11.6 Å². The number of nitrogens with two attached hydrogens (primary N) is 1. The number of hydrogen-bond acceptors (Lipinski definition) is 4. The predicted octanol–water partition coefficient (Wildman–Crippen LogP) is 0.440. The van der Waals surface area contributed by atoms with Gasteiger partial charge in [-0.25, -0.2) is 0 Å². The fourth-order valence-electron chi connectivity index (χ4n) is 1.04. The second-order valence-corrected chi connectivity index (χ2v) is 2.76. The molecule has 1 aromatic rings. The molecule has 0 heterocycles. The first kappa shape index (κ1) is 11.5. The molecule has 0 bridgehead atoms. The van der Waals surface area contributed by atoms with Gasteiger partial charge in [0.1, 0.15) is 5.75 Å². The molecule has 0 atom stereocenters. The zero-order chi connectivity index (χ0) is 12.1. The molecule has 0 spiro atoms. The molecular formula is C10H8N2O4. The number of non-ortho nitro benzene ring substituents is 1. The van der Waals surface area contributed by atoms with E-state index in [2.05, 4.69) is 11.8 Å². The lowest BCUT2D eigenvalue weighted by atomic mass is 10.2. The summed E-state index contributed by atoms with van der Waals surface area (Å²) in [6.07, 6.45) is 0. The molecule has 1 aromatic carbocycles. The van der Waals surface area contributed by atoms with Crippen molar-refractivity contribution in [3.63, 3.8) is 0 Å². The number of nitro groups is 1. The highest BCUT2D eigenvalue weighted by atomic mass is 16.6. The number of benzene rings is 1. The average Bonchev–Trinajstić information content (AvgIpc) is 2.25. The van der Waals surface area contributed by atoms with Crippen molar-refractivity contribution in [3.05, 3.63) is 33.9 Å². The maximum absolute atomic E-state index is 10.5. The first-order valence-electron chi connectivity index (χ1n) is 4.18. The van der Waals surface area contributed by atoms with Crippen LogP contribution >= 0.6 is 0 Å².